The number of ether oxygens (including phenoxy) is 2. The lowest BCUT2D eigenvalue weighted by atomic mass is 9.96. The van der Waals surface area contributed by atoms with Crippen LogP contribution in [0, 0.1) is 11.6 Å². The van der Waals surface area contributed by atoms with Gasteiger partial charge in [-0.2, -0.15) is 10.2 Å². The molecule has 7 rings (SSSR count). The predicted molar refractivity (Wildman–Crippen MR) is 180 cm³/mol. The molecule has 48 heavy (non-hydrogen) atoms. The number of carbonyl (C=O) groups excluding carboxylic acids is 1. The van der Waals surface area contributed by atoms with E-state index in [1.807, 2.05) is 47.3 Å². The van der Waals surface area contributed by atoms with E-state index in [1.165, 1.54) is 30.6 Å². The summed E-state index contributed by atoms with van der Waals surface area (Å²) in [4.78, 5) is 19.6. The maximum Gasteiger partial charge on any atom is 0.246 e. The maximum atomic E-state index is 16.1. The van der Waals surface area contributed by atoms with Crippen molar-refractivity contribution in [1.29, 1.82) is 0 Å². The Bertz CT molecular complexity index is 2190. The molecule has 0 saturated carbocycles. The minimum absolute atomic E-state index is 0.0180. The number of halogens is 2. The molecular weight excluding hydrogens is 638 g/mol. The second-order valence-corrected chi connectivity index (χ2v) is 12.3. The van der Waals surface area contributed by atoms with E-state index in [4.69, 9.17) is 19.6 Å². The first-order valence-corrected chi connectivity index (χ1v) is 16.3. The molecule has 1 amide bonds. The van der Waals surface area contributed by atoms with Gasteiger partial charge in [-0.15, -0.1) is 11.3 Å². The van der Waals surface area contributed by atoms with Crippen molar-refractivity contribution in [1.82, 2.24) is 29.4 Å². The molecule has 0 fully saturated rings. The van der Waals surface area contributed by atoms with Gasteiger partial charge < -0.3 is 19.5 Å². The van der Waals surface area contributed by atoms with E-state index in [-0.39, 0.29) is 43.1 Å². The molecule has 1 aliphatic heterocycles. The van der Waals surface area contributed by atoms with E-state index in [0.29, 0.717) is 47.0 Å². The van der Waals surface area contributed by atoms with Crippen molar-refractivity contribution in [3.05, 3.63) is 84.0 Å². The average Bonchev–Trinajstić information content (AvgIpc) is 3.84. The van der Waals surface area contributed by atoms with E-state index in [2.05, 4.69) is 11.7 Å². The molecule has 1 N–H and O–H groups in total. The van der Waals surface area contributed by atoms with Crippen molar-refractivity contribution in [2.45, 2.75) is 26.1 Å². The molecule has 1 atom stereocenters. The number of carbonyl (C=O) groups is 1. The molecule has 0 spiro atoms. The van der Waals surface area contributed by atoms with Gasteiger partial charge in [0.25, 0.3) is 0 Å². The van der Waals surface area contributed by atoms with Gasteiger partial charge in [0.15, 0.2) is 0 Å². The molecule has 2 aromatic carbocycles. The summed E-state index contributed by atoms with van der Waals surface area (Å²) < 4.78 is 46.1. The molecule has 5 heterocycles. The first-order valence-electron chi connectivity index (χ1n) is 15.4. The zero-order valence-corrected chi connectivity index (χ0v) is 27.1. The number of rotatable bonds is 10. The first-order chi connectivity index (χ1) is 23.3. The summed E-state index contributed by atoms with van der Waals surface area (Å²) in [7, 11) is 1.52. The van der Waals surface area contributed by atoms with Crippen molar-refractivity contribution in [3.63, 3.8) is 0 Å². The van der Waals surface area contributed by atoms with Gasteiger partial charge in [0.2, 0.25) is 5.91 Å². The number of nitrogens with zero attached hydrogens (tertiary/aromatic N) is 6. The lowest BCUT2D eigenvalue weighted by molar-refractivity contribution is -0.129. The van der Waals surface area contributed by atoms with Gasteiger partial charge in [-0.3, -0.25) is 14.2 Å². The van der Waals surface area contributed by atoms with Gasteiger partial charge in [-0.05, 0) is 36.6 Å². The van der Waals surface area contributed by atoms with Crippen molar-refractivity contribution in [2.24, 2.45) is 0 Å². The topological polar surface area (TPSA) is 108 Å². The Kier molecular flexibility index (Phi) is 8.50. The molecule has 0 aliphatic carbocycles. The third-order valence-corrected chi connectivity index (χ3v) is 9.54. The van der Waals surface area contributed by atoms with Crippen molar-refractivity contribution in [2.75, 3.05) is 33.5 Å². The van der Waals surface area contributed by atoms with Crippen molar-refractivity contribution < 1.29 is 28.2 Å². The fraction of sp³-hybridized carbons (Fsp3) is 0.257. The smallest absolute Gasteiger partial charge is 0.246 e. The Morgan fingerprint density at radius 2 is 1.98 bits per heavy atom. The van der Waals surface area contributed by atoms with Crippen LogP contribution >= 0.6 is 11.3 Å². The molecule has 4 aromatic heterocycles. The van der Waals surface area contributed by atoms with E-state index < -0.39 is 11.6 Å². The van der Waals surface area contributed by atoms with E-state index in [9.17, 15) is 14.3 Å². The van der Waals surface area contributed by atoms with Gasteiger partial charge in [-0.25, -0.2) is 13.8 Å². The van der Waals surface area contributed by atoms with Crippen LogP contribution in [0.1, 0.15) is 18.7 Å². The minimum atomic E-state index is -0.803. The normalized spacial score (nSPS) is 14.5. The lowest BCUT2D eigenvalue weighted by Crippen LogP contribution is -2.40. The molecule has 0 radical (unpaired) electrons. The van der Waals surface area contributed by atoms with Crippen LogP contribution in [-0.2, 0) is 22.6 Å². The van der Waals surface area contributed by atoms with Crippen molar-refractivity contribution in [3.8, 4) is 39.5 Å². The molecule has 1 aliphatic rings. The highest BCUT2D eigenvalue weighted by Gasteiger charge is 2.31. The molecule has 10 nitrogen and oxygen atoms in total. The van der Waals surface area contributed by atoms with Gasteiger partial charge >= 0.3 is 0 Å². The number of amides is 1. The van der Waals surface area contributed by atoms with Crippen LogP contribution in [0.3, 0.4) is 0 Å². The van der Waals surface area contributed by atoms with Gasteiger partial charge in [0, 0.05) is 52.4 Å². The fourth-order valence-corrected chi connectivity index (χ4v) is 7.28. The highest BCUT2D eigenvalue weighted by molar-refractivity contribution is 7.18. The Labute approximate surface area is 278 Å². The number of aliphatic hydroxyl groups excluding tert-OH is 1. The Morgan fingerprint density at radius 1 is 1.12 bits per heavy atom. The Balaban J connectivity index is 1.50. The maximum absolute atomic E-state index is 16.1. The zero-order valence-electron chi connectivity index (χ0n) is 26.3. The van der Waals surface area contributed by atoms with Crippen LogP contribution in [0.5, 0.6) is 5.75 Å². The van der Waals surface area contributed by atoms with Gasteiger partial charge in [-0.1, -0.05) is 18.7 Å². The standard InChI is InChI=1S/C35H32F2N6O4S/c1-4-30(45)41-8-9-43-27(20(41)2)18-26(40-43)34-32(31-25(37)16-23(36)17-29(31)47-13-12-46-3)35-24(7-14-48-35)33(39-34)21-5-6-22-19-38-42(10-11-44)28(22)15-21/h4-7,14-20,44H,1,8-13H2,2-3H3. The van der Waals surface area contributed by atoms with E-state index in [1.54, 1.807) is 15.8 Å². The number of hydrogen-bond acceptors (Lipinski definition) is 8. The fourth-order valence-electron chi connectivity index (χ4n) is 6.33. The van der Waals surface area contributed by atoms with E-state index in [0.717, 1.165) is 33.6 Å². The second kappa shape index (κ2) is 12.9. The average molecular weight is 671 g/mol. The molecule has 13 heteroatoms. The predicted octanol–water partition coefficient (Wildman–Crippen LogP) is 6.23. The monoisotopic (exact) mass is 670 g/mol. The SMILES string of the molecule is C=CC(=O)N1CCn2nc(-c3nc(-c4ccc5cnn(CCO)c5c4)c4ccsc4c3-c3c(F)cc(F)cc3OCCOC)cc2C1C. The Hall–Kier alpha value is -4.98. The number of pyridine rings is 1. The molecular formula is C35H32F2N6O4S. The zero-order chi connectivity index (χ0) is 33.5. The summed E-state index contributed by atoms with van der Waals surface area (Å²) in [5, 5.41) is 22.5. The van der Waals surface area contributed by atoms with Crippen LogP contribution in [0.15, 0.2) is 66.7 Å². The molecule has 0 saturated heterocycles. The van der Waals surface area contributed by atoms with Crippen LogP contribution in [0.2, 0.25) is 0 Å². The molecule has 246 valence electrons. The summed E-state index contributed by atoms with van der Waals surface area (Å²) in [5.41, 5.74) is 4.36. The lowest BCUT2D eigenvalue weighted by Gasteiger charge is -2.33. The van der Waals surface area contributed by atoms with Crippen LogP contribution in [0.25, 0.3) is 54.8 Å². The highest BCUT2D eigenvalue weighted by Crippen LogP contribution is 2.47. The molecule has 0 bridgehead atoms. The highest BCUT2D eigenvalue weighted by atomic mass is 32.1. The van der Waals surface area contributed by atoms with Gasteiger partial charge in [0.1, 0.15) is 35.4 Å². The summed E-state index contributed by atoms with van der Waals surface area (Å²) >= 11 is 1.41. The summed E-state index contributed by atoms with van der Waals surface area (Å²) in [6.07, 6.45) is 3.04. The second-order valence-electron chi connectivity index (χ2n) is 11.4. The van der Waals surface area contributed by atoms with E-state index >= 15 is 4.39 Å². The quantitative estimate of drug-likeness (QED) is 0.136. The van der Waals surface area contributed by atoms with Crippen LogP contribution in [-0.4, -0.2) is 73.9 Å². The summed E-state index contributed by atoms with van der Waals surface area (Å²) in [5.74, 6) is -1.74. The number of benzene rings is 2. The Morgan fingerprint density at radius 3 is 2.77 bits per heavy atom. The number of methoxy groups -OCH3 is 1. The number of thiophene rings is 1. The van der Waals surface area contributed by atoms with Gasteiger partial charge in [0.05, 0.1) is 61.0 Å². The number of hydrogen-bond donors (Lipinski definition) is 1. The molecule has 1 unspecified atom stereocenters. The third-order valence-electron chi connectivity index (χ3n) is 8.61. The number of aromatic nitrogens is 5. The minimum Gasteiger partial charge on any atom is -0.490 e. The largest absolute Gasteiger partial charge is 0.490 e. The summed E-state index contributed by atoms with van der Waals surface area (Å²) in [6.45, 7) is 7.02. The molecule has 6 aromatic rings. The van der Waals surface area contributed by atoms with Crippen molar-refractivity contribution >= 4 is 38.2 Å². The first kappa shape index (κ1) is 31.6. The number of aliphatic hydroxyl groups is 1. The third kappa shape index (κ3) is 5.43. The summed E-state index contributed by atoms with van der Waals surface area (Å²) in [6, 6.07) is 11.4. The number of fused-ring (bicyclic) bond motifs is 3. The van der Waals surface area contributed by atoms with Crippen LogP contribution in [0.4, 0.5) is 8.78 Å². The van der Waals surface area contributed by atoms with Crippen LogP contribution < -0.4 is 4.74 Å².